The van der Waals surface area contributed by atoms with E-state index in [-0.39, 0.29) is 18.4 Å². The van der Waals surface area contributed by atoms with Crippen LogP contribution in [0.5, 0.6) is 0 Å². The van der Waals surface area contributed by atoms with Gasteiger partial charge in [0.2, 0.25) is 0 Å². The molecule has 6 heteroatoms. The largest absolute Gasteiger partial charge is 0.396 e. The number of hydrogen-bond donors (Lipinski definition) is 3. The third kappa shape index (κ3) is 3.70. The summed E-state index contributed by atoms with van der Waals surface area (Å²) >= 11 is 0. The number of aliphatic hydroxyl groups excluding tert-OH is 1. The third-order valence-corrected chi connectivity index (χ3v) is 3.38. The Kier molecular flexibility index (Phi) is 5.82. The Morgan fingerprint density at radius 2 is 2.21 bits per heavy atom. The number of anilines is 1. The van der Waals surface area contributed by atoms with Gasteiger partial charge in [0.25, 0.3) is 5.91 Å². The molecule has 1 aromatic rings. The molecule has 0 fully saturated rings. The van der Waals surface area contributed by atoms with Crippen molar-refractivity contribution in [2.45, 2.75) is 33.1 Å². The van der Waals surface area contributed by atoms with Gasteiger partial charge in [0.1, 0.15) is 5.69 Å². The average molecular weight is 268 g/mol. The summed E-state index contributed by atoms with van der Waals surface area (Å²) in [7, 11) is 1.72. The van der Waals surface area contributed by atoms with Crippen molar-refractivity contribution in [1.82, 2.24) is 15.1 Å². The van der Waals surface area contributed by atoms with Crippen LogP contribution < -0.4 is 11.1 Å². The normalized spacial score (nSPS) is 12.4. The maximum atomic E-state index is 12.1. The standard InChI is InChI=1S/C13H24N4O2/c1-4-9(6-7-18)8-15-13(19)12-11(14)10(5-2)16-17(12)3/h9,18H,4-8,14H2,1-3H3,(H,15,19). The zero-order valence-electron chi connectivity index (χ0n) is 11.9. The Bertz CT molecular complexity index is 429. The SMILES string of the molecule is CCc1nn(C)c(C(=O)NCC(CC)CCO)c1N. The van der Waals surface area contributed by atoms with Gasteiger partial charge in [-0.05, 0) is 18.8 Å². The minimum absolute atomic E-state index is 0.141. The molecular weight excluding hydrogens is 244 g/mol. The smallest absolute Gasteiger partial charge is 0.271 e. The summed E-state index contributed by atoms with van der Waals surface area (Å²) in [4.78, 5) is 12.1. The summed E-state index contributed by atoms with van der Waals surface area (Å²) in [5.74, 6) is 0.0811. The number of aromatic nitrogens is 2. The Hall–Kier alpha value is -1.56. The predicted molar refractivity (Wildman–Crippen MR) is 74.8 cm³/mol. The highest BCUT2D eigenvalue weighted by Gasteiger charge is 2.19. The first kappa shape index (κ1) is 15.5. The van der Waals surface area contributed by atoms with Crippen LogP contribution >= 0.6 is 0 Å². The zero-order valence-corrected chi connectivity index (χ0v) is 11.9. The van der Waals surface area contributed by atoms with E-state index in [9.17, 15) is 4.79 Å². The lowest BCUT2D eigenvalue weighted by atomic mass is 10.0. The van der Waals surface area contributed by atoms with Crippen molar-refractivity contribution in [3.63, 3.8) is 0 Å². The van der Waals surface area contributed by atoms with Gasteiger partial charge < -0.3 is 16.2 Å². The lowest BCUT2D eigenvalue weighted by Crippen LogP contribution is -2.31. The molecule has 6 nitrogen and oxygen atoms in total. The second kappa shape index (κ2) is 7.13. The number of carbonyl (C=O) groups is 1. The molecule has 0 aromatic carbocycles. The molecule has 1 heterocycles. The van der Waals surface area contributed by atoms with Crippen LogP contribution in [0.2, 0.25) is 0 Å². The molecule has 1 aromatic heterocycles. The molecule has 108 valence electrons. The summed E-state index contributed by atoms with van der Waals surface area (Å²) in [5, 5.41) is 16.0. The molecule has 0 radical (unpaired) electrons. The molecule has 0 aliphatic heterocycles. The topological polar surface area (TPSA) is 93.2 Å². The van der Waals surface area contributed by atoms with Crippen molar-refractivity contribution in [2.24, 2.45) is 13.0 Å². The van der Waals surface area contributed by atoms with E-state index in [1.807, 2.05) is 13.8 Å². The Morgan fingerprint density at radius 3 is 2.68 bits per heavy atom. The third-order valence-electron chi connectivity index (χ3n) is 3.38. The Morgan fingerprint density at radius 1 is 1.53 bits per heavy atom. The Balaban J connectivity index is 2.70. The quantitative estimate of drug-likeness (QED) is 0.678. The van der Waals surface area contributed by atoms with Crippen LogP contribution in [-0.2, 0) is 13.5 Å². The number of hydrogen-bond acceptors (Lipinski definition) is 4. The minimum Gasteiger partial charge on any atom is -0.396 e. The molecular formula is C13H24N4O2. The summed E-state index contributed by atoms with van der Waals surface area (Å²) in [5.41, 5.74) is 7.54. The highest BCUT2D eigenvalue weighted by Crippen LogP contribution is 2.17. The molecule has 0 saturated heterocycles. The van der Waals surface area contributed by atoms with E-state index in [2.05, 4.69) is 10.4 Å². The van der Waals surface area contributed by atoms with Gasteiger partial charge in [0, 0.05) is 20.2 Å². The van der Waals surface area contributed by atoms with Crippen molar-refractivity contribution < 1.29 is 9.90 Å². The molecule has 1 atom stereocenters. The molecule has 1 unspecified atom stereocenters. The van der Waals surface area contributed by atoms with Crippen LogP contribution in [0.4, 0.5) is 5.69 Å². The van der Waals surface area contributed by atoms with Gasteiger partial charge in [-0.1, -0.05) is 20.3 Å². The summed E-state index contributed by atoms with van der Waals surface area (Å²) < 4.78 is 1.52. The fourth-order valence-electron chi connectivity index (χ4n) is 2.08. The molecule has 1 rings (SSSR count). The van der Waals surface area contributed by atoms with E-state index in [1.165, 1.54) is 4.68 Å². The first-order chi connectivity index (χ1) is 9.04. The van der Waals surface area contributed by atoms with Crippen LogP contribution in [0.25, 0.3) is 0 Å². The fourth-order valence-corrected chi connectivity index (χ4v) is 2.08. The van der Waals surface area contributed by atoms with Crippen LogP contribution in [-0.4, -0.2) is 33.9 Å². The number of nitrogen functional groups attached to an aromatic ring is 1. The molecule has 0 aliphatic carbocycles. The summed E-state index contributed by atoms with van der Waals surface area (Å²) in [6.07, 6.45) is 2.31. The number of nitrogens with one attached hydrogen (secondary N) is 1. The van der Waals surface area contributed by atoms with E-state index >= 15 is 0 Å². The fraction of sp³-hybridized carbons (Fsp3) is 0.692. The molecule has 4 N–H and O–H groups in total. The number of aliphatic hydroxyl groups is 1. The Labute approximate surface area is 114 Å². The van der Waals surface area contributed by atoms with Gasteiger partial charge in [-0.3, -0.25) is 9.48 Å². The van der Waals surface area contributed by atoms with Crippen LogP contribution in [0.15, 0.2) is 0 Å². The number of rotatable bonds is 7. The van der Waals surface area contributed by atoms with E-state index in [1.54, 1.807) is 7.05 Å². The highest BCUT2D eigenvalue weighted by molar-refractivity contribution is 5.97. The molecule has 0 aliphatic rings. The first-order valence-corrected chi connectivity index (χ1v) is 6.75. The van der Waals surface area contributed by atoms with E-state index in [4.69, 9.17) is 10.8 Å². The monoisotopic (exact) mass is 268 g/mol. The number of carbonyl (C=O) groups excluding carboxylic acids is 1. The zero-order chi connectivity index (χ0) is 14.4. The highest BCUT2D eigenvalue weighted by atomic mass is 16.3. The van der Waals surface area contributed by atoms with Gasteiger partial charge >= 0.3 is 0 Å². The predicted octanol–water partition coefficient (Wildman–Crippen LogP) is 0.703. The maximum Gasteiger partial charge on any atom is 0.271 e. The second-order valence-electron chi connectivity index (χ2n) is 4.68. The van der Waals surface area contributed by atoms with E-state index in [0.29, 0.717) is 30.8 Å². The van der Waals surface area contributed by atoms with Gasteiger partial charge in [-0.15, -0.1) is 0 Å². The van der Waals surface area contributed by atoms with Crippen molar-refractivity contribution in [1.29, 1.82) is 0 Å². The van der Waals surface area contributed by atoms with Crippen LogP contribution in [0.3, 0.4) is 0 Å². The van der Waals surface area contributed by atoms with Crippen molar-refractivity contribution in [3.05, 3.63) is 11.4 Å². The lowest BCUT2D eigenvalue weighted by Gasteiger charge is -2.14. The first-order valence-electron chi connectivity index (χ1n) is 6.75. The second-order valence-corrected chi connectivity index (χ2v) is 4.68. The maximum absolute atomic E-state index is 12.1. The van der Waals surface area contributed by atoms with Crippen LogP contribution in [0.1, 0.15) is 42.9 Å². The number of nitrogens with two attached hydrogens (primary N) is 1. The van der Waals surface area contributed by atoms with Crippen molar-refractivity contribution >= 4 is 11.6 Å². The van der Waals surface area contributed by atoms with Gasteiger partial charge in [0.15, 0.2) is 0 Å². The molecule has 0 saturated carbocycles. The van der Waals surface area contributed by atoms with E-state index in [0.717, 1.165) is 12.1 Å². The van der Waals surface area contributed by atoms with Crippen molar-refractivity contribution in [3.8, 4) is 0 Å². The average Bonchev–Trinajstić information content (AvgIpc) is 2.68. The molecule has 19 heavy (non-hydrogen) atoms. The minimum atomic E-state index is -0.205. The summed E-state index contributed by atoms with van der Waals surface area (Å²) in [6, 6.07) is 0. The number of amides is 1. The molecule has 0 bridgehead atoms. The van der Waals surface area contributed by atoms with Crippen LogP contribution in [0, 0.1) is 5.92 Å². The van der Waals surface area contributed by atoms with Gasteiger partial charge in [-0.25, -0.2) is 0 Å². The lowest BCUT2D eigenvalue weighted by molar-refractivity contribution is 0.0935. The molecule has 0 spiro atoms. The molecule has 1 amide bonds. The summed E-state index contributed by atoms with van der Waals surface area (Å²) in [6.45, 7) is 4.68. The van der Waals surface area contributed by atoms with E-state index < -0.39 is 0 Å². The van der Waals surface area contributed by atoms with Gasteiger partial charge in [0.05, 0.1) is 11.4 Å². The number of aryl methyl sites for hydroxylation is 2. The number of nitrogens with zero attached hydrogens (tertiary/aromatic N) is 2. The van der Waals surface area contributed by atoms with Gasteiger partial charge in [-0.2, -0.15) is 5.10 Å². The van der Waals surface area contributed by atoms with Crippen molar-refractivity contribution in [2.75, 3.05) is 18.9 Å².